The third-order valence-electron chi connectivity index (χ3n) is 3.76. The van der Waals surface area contributed by atoms with Gasteiger partial charge < -0.3 is 14.4 Å². The molecule has 0 unspecified atom stereocenters. The standard InChI is InChI=1S/C17H19NO4/c1-2-21-16(19)10-18(14-7-8-14)17(20)13-9-12-5-3-4-6-15(12)22-11-13/h3-6,9,14H,2,7-8,10-11H2,1H3. The van der Waals surface area contributed by atoms with Gasteiger partial charge in [-0.15, -0.1) is 0 Å². The maximum atomic E-state index is 12.7. The van der Waals surface area contributed by atoms with Gasteiger partial charge in [-0.05, 0) is 31.9 Å². The zero-order chi connectivity index (χ0) is 15.5. The summed E-state index contributed by atoms with van der Waals surface area (Å²) in [7, 11) is 0. The van der Waals surface area contributed by atoms with Crippen molar-refractivity contribution in [2.24, 2.45) is 0 Å². The Morgan fingerprint density at radius 2 is 2.09 bits per heavy atom. The first-order valence-electron chi connectivity index (χ1n) is 7.58. The topological polar surface area (TPSA) is 55.8 Å². The molecule has 1 fully saturated rings. The summed E-state index contributed by atoms with van der Waals surface area (Å²) in [4.78, 5) is 26.0. The molecule has 0 spiro atoms. The van der Waals surface area contributed by atoms with Crippen molar-refractivity contribution in [2.45, 2.75) is 25.8 Å². The van der Waals surface area contributed by atoms with E-state index in [2.05, 4.69) is 0 Å². The Morgan fingerprint density at radius 3 is 2.82 bits per heavy atom. The van der Waals surface area contributed by atoms with Crippen LogP contribution in [0.3, 0.4) is 0 Å². The number of para-hydroxylation sites is 1. The lowest BCUT2D eigenvalue weighted by molar-refractivity contribution is -0.148. The molecule has 0 saturated heterocycles. The smallest absolute Gasteiger partial charge is 0.325 e. The van der Waals surface area contributed by atoms with Crippen molar-refractivity contribution in [2.75, 3.05) is 19.8 Å². The summed E-state index contributed by atoms with van der Waals surface area (Å²) >= 11 is 0. The second-order valence-corrected chi connectivity index (χ2v) is 5.47. The molecule has 0 N–H and O–H groups in total. The van der Waals surface area contributed by atoms with Gasteiger partial charge in [0.1, 0.15) is 18.9 Å². The summed E-state index contributed by atoms with van der Waals surface area (Å²) in [5.74, 6) is 0.285. The highest BCUT2D eigenvalue weighted by atomic mass is 16.5. The van der Waals surface area contributed by atoms with Gasteiger partial charge >= 0.3 is 5.97 Å². The van der Waals surface area contributed by atoms with Crippen LogP contribution in [0.1, 0.15) is 25.3 Å². The third kappa shape index (κ3) is 3.13. The van der Waals surface area contributed by atoms with Crippen LogP contribution < -0.4 is 4.74 Å². The summed E-state index contributed by atoms with van der Waals surface area (Å²) in [6.45, 7) is 2.33. The number of ether oxygens (including phenoxy) is 2. The quantitative estimate of drug-likeness (QED) is 0.781. The Labute approximate surface area is 129 Å². The molecule has 1 aromatic rings. The molecule has 1 heterocycles. The molecule has 0 radical (unpaired) electrons. The van der Waals surface area contributed by atoms with Crippen molar-refractivity contribution in [3.05, 3.63) is 35.4 Å². The highest BCUT2D eigenvalue weighted by Crippen LogP contribution is 2.31. The molecule has 3 rings (SSSR count). The fraction of sp³-hybridized carbons (Fsp3) is 0.412. The highest BCUT2D eigenvalue weighted by molar-refractivity contribution is 6.00. The van der Waals surface area contributed by atoms with Crippen molar-refractivity contribution >= 4 is 18.0 Å². The number of hydrogen-bond acceptors (Lipinski definition) is 4. The average molecular weight is 301 g/mol. The second kappa shape index (κ2) is 6.22. The van der Waals surface area contributed by atoms with Crippen LogP contribution in [-0.4, -0.2) is 42.6 Å². The van der Waals surface area contributed by atoms with Gasteiger partial charge in [0.05, 0.1) is 12.2 Å². The van der Waals surface area contributed by atoms with E-state index in [9.17, 15) is 9.59 Å². The molecule has 1 aliphatic heterocycles. The number of hydrogen-bond donors (Lipinski definition) is 0. The molecule has 5 heteroatoms. The summed E-state index contributed by atoms with van der Waals surface area (Å²) < 4.78 is 10.6. The molecule has 1 aromatic carbocycles. The molecule has 1 amide bonds. The maximum absolute atomic E-state index is 12.7. The molecule has 1 saturated carbocycles. The fourth-order valence-corrected chi connectivity index (χ4v) is 2.52. The fourth-order valence-electron chi connectivity index (χ4n) is 2.52. The lowest BCUT2D eigenvalue weighted by Gasteiger charge is -2.25. The van der Waals surface area contributed by atoms with E-state index in [4.69, 9.17) is 9.47 Å². The van der Waals surface area contributed by atoms with Crippen molar-refractivity contribution < 1.29 is 19.1 Å². The van der Waals surface area contributed by atoms with Crippen molar-refractivity contribution in [3.8, 4) is 5.75 Å². The molecular weight excluding hydrogens is 282 g/mol. The molecule has 0 atom stereocenters. The second-order valence-electron chi connectivity index (χ2n) is 5.47. The number of carbonyl (C=O) groups is 2. The molecule has 1 aliphatic carbocycles. The van der Waals surface area contributed by atoms with E-state index in [-0.39, 0.29) is 31.1 Å². The van der Waals surface area contributed by atoms with E-state index in [0.29, 0.717) is 12.2 Å². The summed E-state index contributed by atoms with van der Waals surface area (Å²) in [5, 5.41) is 0. The first-order valence-corrected chi connectivity index (χ1v) is 7.58. The van der Waals surface area contributed by atoms with Crippen molar-refractivity contribution in [3.63, 3.8) is 0 Å². The molecule has 2 aliphatic rings. The maximum Gasteiger partial charge on any atom is 0.325 e. The van der Waals surface area contributed by atoms with Gasteiger partial charge in [0, 0.05) is 11.6 Å². The van der Waals surface area contributed by atoms with Crippen LogP contribution >= 0.6 is 0 Å². The van der Waals surface area contributed by atoms with Crippen molar-refractivity contribution in [1.82, 2.24) is 4.90 Å². The van der Waals surface area contributed by atoms with Crippen LogP contribution in [0.25, 0.3) is 6.08 Å². The first-order chi connectivity index (χ1) is 10.7. The SMILES string of the molecule is CCOC(=O)CN(C(=O)C1=Cc2ccccc2OC1)C1CC1. The molecule has 5 nitrogen and oxygen atoms in total. The van der Waals surface area contributed by atoms with Crippen LogP contribution in [0.5, 0.6) is 5.75 Å². The average Bonchev–Trinajstić information content (AvgIpc) is 3.36. The largest absolute Gasteiger partial charge is 0.488 e. The van der Waals surface area contributed by atoms with Crippen LogP contribution in [0.2, 0.25) is 0 Å². The molecule has 0 bridgehead atoms. The van der Waals surface area contributed by atoms with E-state index in [1.54, 1.807) is 11.8 Å². The number of nitrogens with zero attached hydrogens (tertiary/aromatic N) is 1. The highest BCUT2D eigenvalue weighted by Gasteiger charge is 2.36. The monoisotopic (exact) mass is 301 g/mol. The predicted octanol–water partition coefficient (Wildman–Crippen LogP) is 2.02. The van der Waals surface area contributed by atoms with Crippen LogP contribution in [0.15, 0.2) is 29.8 Å². The number of esters is 1. The zero-order valence-corrected chi connectivity index (χ0v) is 12.6. The lowest BCUT2D eigenvalue weighted by atomic mass is 10.1. The Morgan fingerprint density at radius 1 is 1.32 bits per heavy atom. The van der Waals surface area contributed by atoms with E-state index < -0.39 is 0 Å². The van der Waals surface area contributed by atoms with Gasteiger partial charge in [-0.2, -0.15) is 0 Å². The molecule has 0 aromatic heterocycles. The first kappa shape index (κ1) is 14.6. The minimum absolute atomic E-state index is 0.0102. The summed E-state index contributed by atoms with van der Waals surface area (Å²) in [5.41, 5.74) is 1.47. The Hall–Kier alpha value is -2.30. The summed E-state index contributed by atoms with van der Waals surface area (Å²) in [6.07, 6.45) is 3.73. The summed E-state index contributed by atoms with van der Waals surface area (Å²) in [6, 6.07) is 7.74. The number of rotatable bonds is 5. The number of benzene rings is 1. The Balaban J connectivity index is 1.77. The van der Waals surface area contributed by atoms with Crippen molar-refractivity contribution in [1.29, 1.82) is 0 Å². The number of fused-ring (bicyclic) bond motifs is 1. The number of amides is 1. The van der Waals surface area contributed by atoms with Gasteiger partial charge in [-0.1, -0.05) is 18.2 Å². The number of carbonyl (C=O) groups excluding carboxylic acids is 2. The van der Waals surface area contributed by atoms with E-state index in [0.717, 1.165) is 24.2 Å². The van der Waals surface area contributed by atoms with Gasteiger partial charge in [-0.3, -0.25) is 9.59 Å². The van der Waals surface area contributed by atoms with Gasteiger partial charge in [0.2, 0.25) is 0 Å². The van der Waals surface area contributed by atoms with E-state index >= 15 is 0 Å². The molecule has 22 heavy (non-hydrogen) atoms. The lowest BCUT2D eigenvalue weighted by Crippen LogP contribution is -2.40. The van der Waals surface area contributed by atoms with Gasteiger partial charge in [0.25, 0.3) is 5.91 Å². The van der Waals surface area contributed by atoms with Gasteiger partial charge in [0.15, 0.2) is 0 Å². The van der Waals surface area contributed by atoms with Crippen LogP contribution in [-0.2, 0) is 14.3 Å². The Bertz CT molecular complexity index is 619. The molecular formula is C17H19NO4. The zero-order valence-electron chi connectivity index (χ0n) is 12.6. The minimum atomic E-state index is -0.361. The third-order valence-corrected chi connectivity index (χ3v) is 3.76. The van der Waals surface area contributed by atoms with Crippen LogP contribution in [0, 0.1) is 0 Å². The van der Waals surface area contributed by atoms with E-state index in [1.165, 1.54) is 0 Å². The predicted molar refractivity (Wildman–Crippen MR) is 81.3 cm³/mol. The normalized spacial score (nSPS) is 16.1. The van der Waals surface area contributed by atoms with Gasteiger partial charge in [-0.25, -0.2) is 0 Å². The van der Waals surface area contributed by atoms with Crippen LogP contribution in [0.4, 0.5) is 0 Å². The van der Waals surface area contributed by atoms with E-state index in [1.807, 2.05) is 30.3 Å². The minimum Gasteiger partial charge on any atom is -0.488 e. The molecule has 116 valence electrons. The Kier molecular flexibility index (Phi) is 4.13.